The maximum absolute atomic E-state index is 13.1. The van der Waals surface area contributed by atoms with E-state index in [4.69, 9.17) is 0 Å². The van der Waals surface area contributed by atoms with Gasteiger partial charge in [-0.25, -0.2) is 18.2 Å². The van der Waals surface area contributed by atoms with E-state index in [2.05, 4.69) is 27.3 Å². The summed E-state index contributed by atoms with van der Waals surface area (Å²) in [4.78, 5) is 32.0. The molecule has 11 heteroatoms. The fraction of sp³-hybridized carbons (Fsp3) is 0.409. The number of thioether (sulfide) groups is 1. The maximum Gasteiger partial charge on any atom is 0.324 e. The second kappa shape index (κ2) is 10.2. The molecule has 1 N–H and O–H groups in total. The summed E-state index contributed by atoms with van der Waals surface area (Å²) >= 11 is 1.20. The van der Waals surface area contributed by atoms with Crippen molar-refractivity contribution in [1.82, 2.24) is 24.4 Å². The number of pyridine rings is 1. The Labute approximate surface area is 198 Å². The second-order valence-corrected chi connectivity index (χ2v) is 11.3. The van der Waals surface area contributed by atoms with Crippen molar-refractivity contribution in [2.75, 3.05) is 39.3 Å². The van der Waals surface area contributed by atoms with E-state index in [1.54, 1.807) is 13.0 Å². The predicted molar refractivity (Wildman–Crippen MR) is 125 cm³/mol. The lowest BCUT2D eigenvalue weighted by Gasteiger charge is -2.33. The Bertz CT molecular complexity index is 1090. The van der Waals surface area contributed by atoms with E-state index in [9.17, 15) is 18.0 Å². The van der Waals surface area contributed by atoms with Crippen LogP contribution in [-0.4, -0.2) is 84.0 Å². The van der Waals surface area contributed by atoms with Crippen molar-refractivity contribution < 1.29 is 18.0 Å². The first-order chi connectivity index (χ1) is 15.8. The molecule has 33 heavy (non-hydrogen) atoms. The number of imide groups is 1. The molecular formula is C22H27N5O4S2. The van der Waals surface area contributed by atoms with Crippen molar-refractivity contribution in [3.63, 3.8) is 0 Å². The Morgan fingerprint density at radius 2 is 1.82 bits per heavy atom. The summed E-state index contributed by atoms with van der Waals surface area (Å²) in [7, 11) is -3.63. The maximum atomic E-state index is 13.1. The van der Waals surface area contributed by atoms with E-state index < -0.39 is 15.3 Å². The molecule has 176 valence electrons. The van der Waals surface area contributed by atoms with Crippen LogP contribution < -0.4 is 5.32 Å². The van der Waals surface area contributed by atoms with Gasteiger partial charge in [0.05, 0.1) is 10.3 Å². The van der Waals surface area contributed by atoms with E-state index in [1.807, 2.05) is 18.2 Å². The van der Waals surface area contributed by atoms with Gasteiger partial charge in [0.25, 0.3) is 0 Å². The Balaban J connectivity index is 1.33. The van der Waals surface area contributed by atoms with Gasteiger partial charge in [-0.1, -0.05) is 42.1 Å². The topological polar surface area (TPSA) is 103 Å². The van der Waals surface area contributed by atoms with Gasteiger partial charge in [0, 0.05) is 52.0 Å². The average molecular weight is 490 g/mol. The van der Waals surface area contributed by atoms with Crippen LogP contribution in [-0.2, 0) is 21.4 Å². The second-order valence-electron chi connectivity index (χ2n) is 7.98. The van der Waals surface area contributed by atoms with Gasteiger partial charge < -0.3 is 5.32 Å². The number of urea groups is 1. The average Bonchev–Trinajstić information content (AvgIpc) is 3.25. The molecule has 0 aliphatic carbocycles. The number of piperazine rings is 1. The number of nitrogens with one attached hydrogen (secondary N) is 1. The number of aromatic nitrogens is 1. The van der Waals surface area contributed by atoms with Gasteiger partial charge >= 0.3 is 6.03 Å². The van der Waals surface area contributed by atoms with Crippen molar-refractivity contribution in [3.05, 3.63) is 54.2 Å². The highest BCUT2D eigenvalue weighted by atomic mass is 32.2. The highest BCUT2D eigenvalue weighted by Crippen LogP contribution is 2.25. The Hall–Kier alpha value is -2.47. The van der Waals surface area contributed by atoms with Crippen LogP contribution in [0.3, 0.4) is 0 Å². The Morgan fingerprint density at radius 3 is 2.42 bits per heavy atom. The summed E-state index contributed by atoms with van der Waals surface area (Å²) in [6.45, 7) is 5.50. The number of rotatable bonds is 7. The molecule has 9 nitrogen and oxygen atoms in total. The van der Waals surface area contributed by atoms with Gasteiger partial charge in [0.15, 0.2) is 0 Å². The smallest absolute Gasteiger partial charge is 0.324 e. The van der Waals surface area contributed by atoms with Crippen molar-refractivity contribution >= 4 is 33.7 Å². The summed E-state index contributed by atoms with van der Waals surface area (Å²) < 4.78 is 27.6. The van der Waals surface area contributed by atoms with Crippen LogP contribution in [0.4, 0.5) is 4.79 Å². The molecule has 2 aromatic rings. The van der Waals surface area contributed by atoms with Crippen LogP contribution >= 0.6 is 11.8 Å². The molecular weight excluding hydrogens is 462 g/mol. The summed E-state index contributed by atoms with van der Waals surface area (Å²) in [6.07, 6.45) is 1.34. The first-order valence-corrected chi connectivity index (χ1v) is 13.1. The van der Waals surface area contributed by atoms with Gasteiger partial charge in [-0.3, -0.25) is 14.6 Å². The SMILES string of the molecule is C[C@@H](Sc1ccc(S(=O)(=O)N2CCN(Cc3ccccc3)CC2)cn1)C(=O)N1CCNC1=O. The fourth-order valence-electron chi connectivity index (χ4n) is 3.84. The van der Waals surface area contributed by atoms with Gasteiger partial charge in [-0.2, -0.15) is 4.31 Å². The zero-order valence-electron chi connectivity index (χ0n) is 18.4. The van der Waals surface area contributed by atoms with Crippen LogP contribution in [0, 0.1) is 0 Å². The number of carbonyl (C=O) groups is 2. The lowest BCUT2D eigenvalue weighted by Crippen LogP contribution is -2.48. The monoisotopic (exact) mass is 489 g/mol. The normalized spacial score (nSPS) is 18.8. The minimum atomic E-state index is -3.63. The molecule has 3 amide bonds. The van der Waals surface area contributed by atoms with E-state index in [0.717, 1.165) is 6.54 Å². The van der Waals surface area contributed by atoms with Gasteiger partial charge in [0.2, 0.25) is 15.9 Å². The van der Waals surface area contributed by atoms with Crippen molar-refractivity contribution in [2.24, 2.45) is 0 Å². The molecule has 2 saturated heterocycles. The number of amides is 3. The van der Waals surface area contributed by atoms with E-state index in [1.165, 1.54) is 38.8 Å². The third-order valence-corrected chi connectivity index (χ3v) is 8.62. The number of sulfonamides is 1. The molecule has 4 rings (SSSR count). The van der Waals surface area contributed by atoms with Crippen LogP contribution in [0.1, 0.15) is 12.5 Å². The molecule has 2 aliphatic rings. The molecule has 3 heterocycles. The zero-order valence-corrected chi connectivity index (χ0v) is 20.0. The van der Waals surface area contributed by atoms with Crippen LogP contribution in [0.25, 0.3) is 0 Å². The highest BCUT2D eigenvalue weighted by molar-refractivity contribution is 8.00. The molecule has 2 fully saturated rings. The van der Waals surface area contributed by atoms with Crippen molar-refractivity contribution in [3.8, 4) is 0 Å². The molecule has 0 saturated carbocycles. The number of hydrogen-bond donors (Lipinski definition) is 1. The predicted octanol–water partition coefficient (Wildman–Crippen LogP) is 1.62. The standard InChI is InChI=1S/C22H27N5O4S2/c1-17(21(28)27-10-9-23-22(27)29)32-20-8-7-19(15-24-20)33(30,31)26-13-11-25(12-14-26)16-18-5-3-2-4-6-18/h2-8,15,17H,9-14,16H2,1H3,(H,23,29)/t17-/m1/s1. The zero-order chi connectivity index (χ0) is 23.4. The molecule has 1 aromatic carbocycles. The minimum absolute atomic E-state index is 0.140. The Kier molecular flexibility index (Phi) is 7.32. The van der Waals surface area contributed by atoms with Crippen molar-refractivity contribution in [2.45, 2.75) is 28.6 Å². The third-order valence-electron chi connectivity index (χ3n) is 5.70. The lowest BCUT2D eigenvalue weighted by atomic mass is 10.2. The molecule has 0 radical (unpaired) electrons. The van der Waals surface area contributed by atoms with Gasteiger partial charge in [-0.15, -0.1) is 0 Å². The quantitative estimate of drug-likeness (QED) is 0.590. The third kappa shape index (κ3) is 5.55. The molecule has 2 aliphatic heterocycles. The molecule has 0 bridgehead atoms. The molecule has 0 spiro atoms. The summed E-state index contributed by atoms with van der Waals surface area (Å²) in [6, 6.07) is 12.9. The van der Waals surface area contributed by atoms with E-state index in [0.29, 0.717) is 44.3 Å². The minimum Gasteiger partial charge on any atom is -0.336 e. The lowest BCUT2D eigenvalue weighted by molar-refractivity contribution is -0.126. The summed E-state index contributed by atoms with van der Waals surface area (Å²) in [5, 5.41) is 2.62. The van der Waals surface area contributed by atoms with Crippen LogP contribution in [0.15, 0.2) is 58.6 Å². The van der Waals surface area contributed by atoms with Gasteiger partial charge in [-0.05, 0) is 24.6 Å². The first-order valence-electron chi connectivity index (χ1n) is 10.8. The van der Waals surface area contributed by atoms with E-state index >= 15 is 0 Å². The van der Waals surface area contributed by atoms with Crippen LogP contribution in [0.5, 0.6) is 0 Å². The molecule has 1 atom stereocenters. The van der Waals surface area contributed by atoms with Gasteiger partial charge in [0.1, 0.15) is 4.90 Å². The number of carbonyl (C=O) groups excluding carboxylic acids is 2. The number of hydrogen-bond acceptors (Lipinski definition) is 7. The number of benzene rings is 1. The largest absolute Gasteiger partial charge is 0.336 e. The summed E-state index contributed by atoms with van der Waals surface area (Å²) in [5.41, 5.74) is 1.21. The molecule has 1 aromatic heterocycles. The summed E-state index contributed by atoms with van der Waals surface area (Å²) in [5.74, 6) is -0.290. The first kappa shape index (κ1) is 23.7. The van der Waals surface area contributed by atoms with Crippen molar-refractivity contribution in [1.29, 1.82) is 0 Å². The highest BCUT2D eigenvalue weighted by Gasteiger charge is 2.31. The number of nitrogens with zero attached hydrogens (tertiary/aromatic N) is 4. The molecule has 0 unspecified atom stereocenters. The van der Waals surface area contributed by atoms with E-state index in [-0.39, 0.29) is 16.8 Å². The fourth-order valence-corrected chi connectivity index (χ4v) is 6.06. The van der Waals surface area contributed by atoms with Crippen LogP contribution in [0.2, 0.25) is 0 Å². The Morgan fingerprint density at radius 1 is 1.09 bits per heavy atom.